The number of hydrogen-bond donors (Lipinski definition) is 1. The molecular weight excluding hydrogens is 507 g/mol. The van der Waals surface area contributed by atoms with Crippen molar-refractivity contribution in [2.75, 3.05) is 6.54 Å². The van der Waals surface area contributed by atoms with Crippen LogP contribution in [0.2, 0.25) is 5.15 Å². The molecular formula is C20H22ClF5N4O3S. The maximum absolute atomic E-state index is 14.0. The van der Waals surface area contributed by atoms with Gasteiger partial charge in [0.1, 0.15) is 23.6 Å². The van der Waals surface area contributed by atoms with Gasteiger partial charge in [-0.15, -0.1) is 0 Å². The highest BCUT2D eigenvalue weighted by molar-refractivity contribution is 7.89. The van der Waals surface area contributed by atoms with E-state index in [0.717, 1.165) is 26.0 Å². The summed E-state index contributed by atoms with van der Waals surface area (Å²) in [5.74, 6) is -0.791. The summed E-state index contributed by atoms with van der Waals surface area (Å²) < 4.78 is 93.0. The van der Waals surface area contributed by atoms with Crippen LogP contribution < -0.4 is 5.32 Å². The Morgan fingerprint density at radius 2 is 1.88 bits per heavy atom. The van der Waals surface area contributed by atoms with Crippen LogP contribution in [0.25, 0.3) is 5.69 Å². The molecule has 1 fully saturated rings. The Hall–Kier alpha value is -2.25. The molecule has 0 spiro atoms. The molecule has 34 heavy (non-hydrogen) atoms. The van der Waals surface area contributed by atoms with Gasteiger partial charge in [0, 0.05) is 31.3 Å². The van der Waals surface area contributed by atoms with Crippen LogP contribution >= 0.6 is 11.6 Å². The third-order valence-electron chi connectivity index (χ3n) is 5.60. The average Bonchev–Trinajstić information content (AvgIpc) is 3.34. The minimum Gasteiger partial charge on any atom is -0.350 e. The van der Waals surface area contributed by atoms with Crippen LogP contribution in [0.1, 0.15) is 31.4 Å². The molecule has 7 nitrogen and oxygen atoms in total. The Morgan fingerprint density at radius 3 is 2.44 bits per heavy atom. The van der Waals surface area contributed by atoms with Gasteiger partial charge < -0.3 is 5.32 Å². The van der Waals surface area contributed by atoms with E-state index in [1.807, 2.05) is 0 Å². The lowest BCUT2D eigenvalue weighted by atomic mass is 10.2. The molecule has 0 aliphatic carbocycles. The van der Waals surface area contributed by atoms with Crippen molar-refractivity contribution < 1.29 is 35.2 Å². The third-order valence-corrected chi connectivity index (χ3v) is 8.29. The molecule has 14 heteroatoms. The number of sulfonamides is 1. The highest BCUT2D eigenvalue weighted by atomic mass is 35.5. The summed E-state index contributed by atoms with van der Waals surface area (Å²) in [7, 11) is -4.27. The number of aromatic nitrogens is 2. The lowest BCUT2D eigenvalue weighted by Gasteiger charge is -2.26. The highest BCUT2D eigenvalue weighted by Crippen LogP contribution is 2.30. The number of benzene rings is 1. The predicted octanol–water partition coefficient (Wildman–Crippen LogP) is 3.65. The Kier molecular flexibility index (Phi) is 7.58. The van der Waals surface area contributed by atoms with Crippen molar-refractivity contribution in [2.45, 2.75) is 56.6 Å². The smallest absolute Gasteiger partial charge is 0.350 e. The van der Waals surface area contributed by atoms with Crippen molar-refractivity contribution in [3.8, 4) is 5.69 Å². The molecule has 1 aliphatic rings. The molecule has 1 N–H and O–H groups in total. The summed E-state index contributed by atoms with van der Waals surface area (Å²) in [6, 6.07) is 2.81. The molecule has 188 valence electrons. The van der Waals surface area contributed by atoms with Crippen LogP contribution in [0.15, 0.2) is 30.5 Å². The minimum atomic E-state index is -4.49. The number of hydrogen-bond acceptors (Lipinski definition) is 4. The first kappa shape index (κ1) is 26.4. The van der Waals surface area contributed by atoms with Gasteiger partial charge in [-0.25, -0.2) is 21.9 Å². The van der Waals surface area contributed by atoms with Crippen LogP contribution in [0.4, 0.5) is 22.0 Å². The van der Waals surface area contributed by atoms with Crippen molar-refractivity contribution in [2.24, 2.45) is 0 Å². The number of carbonyl (C=O) groups is 1. The van der Waals surface area contributed by atoms with Gasteiger partial charge in [0.2, 0.25) is 15.9 Å². The van der Waals surface area contributed by atoms with Crippen molar-refractivity contribution in [3.05, 3.63) is 46.7 Å². The molecule has 1 aliphatic heterocycles. The first-order valence-electron chi connectivity index (χ1n) is 10.2. The molecule has 1 amide bonds. The van der Waals surface area contributed by atoms with E-state index in [0.29, 0.717) is 9.87 Å². The summed E-state index contributed by atoms with van der Waals surface area (Å²) in [6.45, 7) is 1.46. The molecule has 2 aromatic rings. The van der Waals surface area contributed by atoms with E-state index >= 15 is 0 Å². The number of nitrogens with one attached hydrogen (secondary N) is 1. The zero-order valence-corrected chi connectivity index (χ0v) is 19.6. The number of rotatable bonds is 7. The maximum atomic E-state index is 14.0. The second kappa shape index (κ2) is 9.78. The molecule has 1 saturated heterocycles. The summed E-state index contributed by atoms with van der Waals surface area (Å²) in [4.78, 5) is 12.7. The fourth-order valence-corrected chi connectivity index (χ4v) is 5.47. The normalized spacial score (nSPS) is 21.4. The molecule has 0 saturated carbocycles. The van der Waals surface area contributed by atoms with Gasteiger partial charge in [0.15, 0.2) is 5.15 Å². The summed E-state index contributed by atoms with van der Waals surface area (Å²) in [6.07, 6.45) is -6.78. The fourth-order valence-electron chi connectivity index (χ4n) is 3.47. The van der Waals surface area contributed by atoms with Crippen molar-refractivity contribution >= 4 is 27.5 Å². The van der Waals surface area contributed by atoms with Crippen LogP contribution in [-0.4, -0.2) is 58.6 Å². The molecule has 0 radical (unpaired) electrons. The average molecular weight is 529 g/mol. The standard InChI is InChI=1S/C20H22ClF5N4O3S/c1-11(22)12(2)34(32,33)30-10-15(23)7-17(30)19(31)27-8-13-9-29(28-18(13)21)16-5-3-14(4-6-16)20(24,25)26/h3-6,9,11-12,15,17H,7-8,10H2,1-2H3,(H,27,31)/t11?,12-,15+,17-/m0/s1. The van der Waals surface area contributed by atoms with Gasteiger partial charge in [-0.2, -0.15) is 22.6 Å². The van der Waals surface area contributed by atoms with E-state index in [4.69, 9.17) is 11.6 Å². The zero-order chi connectivity index (χ0) is 25.4. The second-order valence-electron chi connectivity index (χ2n) is 8.00. The maximum Gasteiger partial charge on any atom is 0.416 e. The van der Waals surface area contributed by atoms with Gasteiger partial charge in [0.25, 0.3) is 0 Å². The SMILES string of the molecule is CC(F)[C@H](C)S(=O)(=O)N1C[C@H](F)C[C@H]1C(=O)NCc1cn(-c2ccc(C(F)(F)F)cc2)nc1Cl. The van der Waals surface area contributed by atoms with E-state index in [1.54, 1.807) is 0 Å². The first-order valence-corrected chi connectivity index (χ1v) is 12.1. The van der Waals surface area contributed by atoms with Gasteiger partial charge in [-0.1, -0.05) is 11.6 Å². The van der Waals surface area contributed by atoms with E-state index < -0.39 is 57.9 Å². The van der Waals surface area contributed by atoms with Crippen LogP contribution in [0.3, 0.4) is 0 Å². The first-order chi connectivity index (χ1) is 15.7. The topological polar surface area (TPSA) is 84.3 Å². The summed E-state index contributed by atoms with van der Waals surface area (Å²) in [5.41, 5.74) is -0.249. The number of alkyl halides is 5. The minimum absolute atomic E-state index is 0.0423. The number of nitrogens with zero attached hydrogens (tertiary/aromatic N) is 3. The van der Waals surface area contributed by atoms with Gasteiger partial charge in [-0.3, -0.25) is 4.79 Å². The van der Waals surface area contributed by atoms with E-state index in [9.17, 15) is 35.2 Å². The van der Waals surface area contributed by atoms with Gasteiger partial charge >= 0.3 is 6.18 Å². The summed E-state index contributed by atoms with van der Waals surface area (Å²) >= 11 is 6.07. The molecule has 1 aromatic carbocycles. The fraction of sp³-hybridized carbons (Fsp3) is 0.500. The van der Waals surface area contributed by atoms with Crippen LogP contribution in [0.5, 0.6) is 0 Å². The van der Waals surface area contributed by atoms with Crippen molar-refractivity contribution in [1.82, 2.24) is 19.4 Å². The Balaban J connectivity index is 1.72. The largest absolute Gasteiger partial charge is 0.416 e. The number of amides is 1. The third kappa shape index (κ3) is 5.52. The molecule has 4 atom stereocenters. The van der Waals surface area contributed by atoms with Crippen LogP contribution in [0, 0.1) is 0 Å². The van der Waals surface area contributed by atoms with E-state index in [1.165, 1.54) is 23.0 Å². The van der Waals surface area contributed by atoms with Crippen molar-refractivity contribution in [1.29, 1.82) is 0 Å². The lowest BCUT2D eigenvalue weighted by Crippen LogP contribution is -2.49. The Bertz CT molecular complexity index is 1140. The highest BCUT2D eigenvalue weighted by Gasteiger charge is 2.46. The Morgan fingerprint density at radius 1 is 1.26 bits per heavy atom. The van der Waals surface area contributed by atoms with Crippen molar-refractivity contribution in [3.63, 3.8) is 0 Å². The van der Waals surface area contributed by atoms with E-state index in [2.05, 4.69) is 10.4 Å². The van der Waals surface area contributed by atoms with Crippen LogP contribution in [-0.2, 0) is 27.5 Å². The molecule has 3 rings (SSSR count). The quantitative estimate of drug-likeness (QED) is 0.556. The second-order valence-corrected chi connectivity index (χ2v) is 10.6. The monoisotopic (exact) mass is 528 g/mol. The number of halogens is 6. The molecule has 0 bridgehead atoms. The number of carbonyl (C=O) groups excluding carboxylic acids is 1. The molecule has 2 heterocycles. The summed E-state index contributed by atoms with van der Waals surface area (Å²) in [5, 5.41) is 4.98. The lowest BCUT2D eigenvalue weighted by molar-refractivity contribution is -0.137. The van der Waals surface area contributed by atoms with Gasteiger partial charge in [0.05, 0.1) is 11.3 Å². The van der Waals surface area contributed by atoms with E-state index in [-0.39, 0.29) is 23.8 Å². The zero-order valence-electron chi connectivity index (χ0n) is 18.1. The Labute approximate surface area is 197 Å². The van der Waals surface area contributed by atoms with Gasteiger partial charge in [-0.05, 0) is 38.1 Å². The molecule has 1 aromatic heterocycles. The predicted molar refractivity (Wildman–Crippen MR) is 114 cm³/mol. The molecule has 1 unspecified atom stereocenters.